The summed E-state index contributed by atoms with van der Waals surface area (Å²) in [6, 6.07) is 13.5. The molecule has 0 atom stereocenters. The molecule has 0 fully saturated rings. The van der Waals surface area contributed by atoms with Gasteiger partial charge in [0.15, 0.2) is 0 Å². The molecule has 0 aliphatic heterocycles. The van der Waals surface area contributed by atoms with Crippen molar-refractivity contribution in [2.24, 2.45) is 0 Å². The van der Waals surface area contributed by atoms with Gasteiger partial charge in [0.05, 0.1) is 34.2 Å². The van der Waals surface area contributed by atoms with Crippen LogP contribution in [0.5, 0.6) is 5.75 Å². The van der Waals surface area contributed by atoms with Gasteiger partial charge in [-0.15, -0.1) is 16.4 Å². The Bertz CT molecular complexity index is 1320. The first-order valence-corrected chi connectivity index (χ1v) is 11.3. The number of rotatable bonds is 9. The molecular formula is C22H20ClN5O4S. The Morgan fingerprint density at radius 3 is 2.85 bits per heavy atom. The van der Waals surface area contributed by atoms with E-state index in [2.05, 4.69) is 15.6 Å². The molecule has 0 saturated carbocycles. The first-order chi connectivity index (χ1) is 16.0. The van der Waals surface area contributed by atoms with Crippen molar-refractivity contribution < 1.29 is 14.6 Å². The molecule has 1 amide bonds. The highest BCUT2D eigenvalue weighted by atomic mass is 35.5. The number of nitrogens with zero attached hydrogens (tertiary/aromatic N) is 4. The van der Waals surface area contributed by atoms with Crippen molar-refractivity contribution in [1.29, 1.82) is 0 Å². The van der Waals surface area contributed by atoms with Crippen molar-refractivity contribution in [3.63, 3.8) is 0 Å². The van der Waals surface area contributed by atoms with E-state index in [0.717, 1.165) is 0 Å². The largest absolute Gasteiger partial charge is 0.491 e. The third-order valence-electron chi connectivity index (χ3n) is 4.62. The van der Waals surface area contributed by atoms with Gasteiger partial charge in [-0.2, -0.15) is 0 Å². The molecule has 0 saturated heterocycles. The van der Waals surface area contributed by atoms with Crippen molar-refractivity contribution in [2.45, 2.75) is 13.0 Å². The number of ether oxygens (including phenoxy) is 1. The fourth-order valence-electron chi connectivity index (χ4n) is 3.04. The highest BCUT2D eigenvalue weighted by molar-refractivity contribution is 7.17. The number of aliphatic hydroxyl groups is 1. The van der Waals surface area contributed by atoms with E-state index in [-0.39, 0.29) is 31.2 Å². The third-order valence-corrected chi connectivity index (χ3v) is 5.85. The molecule has 4 rings (SSSR count). The van der Waals surface area contributed by atoms with Gasteiger partial charge < -0.3 is 15.2 Å². The van der Waals surface area contributed by atoms with Gasteiger partial charge in [-0.05, 0) is 30.3 Å². The minimum absolute atomic E-state index is 0.00418. The number of amides is 1. The molecular weight excluding hydrogens is 466 g/mol. The number of hydrogen-bond donors (Lipinski definition) is 2. The van der Waals surface area contributed by atoms with E-state index in [1.807, 2.05) is 0 Å². The topological polar surface area (TPSA) is 111 Å². The molecule has 0 bridgehead atoms. The number of benzene rings is 1. The lowest BCUT2D eigenvalue weighted by Crippen LogP contribution is -2.21. The minimum atomic E-state index is -0.243. The molecule has 9 nitrogen and oxygen atoms in total. The molecule has 3 aromatic heterocycles. The Morgan fingerprint density at radius 1 is 1.21 bits per heavy atom. The van der Waals surface area contributed by atoms with Gasteiger partial charge in [0.25, 0.3) is 11.5 Å². The Labute approximate surface area is 197 Å². The predicted octanol–water partition coefficient (Wildman–Crippen LogP) is 2.82. The van der Waals surface area contributed by atoms with Crippen molar-refractivity contribution in [3.8, 4) is 17.1 Å². The van der Waals surface area contributed by atoms with Crippen LogP contribution in [0.1, 0.15) is 21.8 Å². The monoisotopic (exact) mass is 485 g/mol. The number of thiophene rings is 1. The molecule has 4 aromatic rings. The van der Waals surface area contributed by atoms with Crippen molar-refractivity contribution in [1.82, 2.24) is 24.9 Å². The molecule has 0 aliphatic carbocycles. The second-order valence-corrected chi connectivity index (χ2v) is 8.64. The second kappa shape index (κ2) is 10.4. The summed E-state index contributed by atoms with van der Waals surface area (Å²) in [5, 5.41) is 20.2. The normalized spacial score (nSPS) is 10.8. The molecule has 0 spiro atoms. The van der Waals surface area contributed by atoms with Crippen LogP contribution in [0, 0.1) is 0 Å². The number of nitrogens with one attached hydrogen (secondary N) is 1. The first-order valence-electron chi connectivity index (χ1n) is 10.1. The van der Waals surface area contributed by atoms with Gasteiger partial charge in [0.2, 0.25) is 0 Å². The predicted molar refractivity (Wildman–Crippen MR) is 125 cm³/mol. The fraction of sp³-hybridized carbons (Fsp3) is 0.182. The number of carbonyl (C=O) groups is 1. The van der Waals surface area contributed by atoms with Crippen molar-refractivity contribution in [2.75, 3.05) is 13.2 Å². The summed E-state index contributed by atoms with van der Waals surface area (Å²) >= 11 is 7.08. The van der Waals surface area contributed by atoms with E-state index in [9.17, 15) is 9.59 Å². The molecule has 3 heterocycles. The van der Waals surface area contributed by atoms with E-state index in [1.54, 1.807) is 54.9 Å². The molecule has 170 valence electrons. The molecule has 0 aliphatic rings. The summed E-state index contributed by atoms with van der Waals surface area (Å²) in [6.45, 7) is 0.472. The number of halogens is 1. The smallest absolute Gasteiger partial charge is 0.261 e. The summed E-state index contributed by atoms with van der Waals surface area (Å²) in [7, 11) is 0. The maximum atomic E-state index is 12.2. The van der Waals surface area contributed by atoms with Crippen LogP contribution >= 0.6 is 22.9 Å². The van der Waals surface area contributed by atoms with Gasteiger partial charge >= 0.3 is 0 Å². The van der Waals surface area contributed by atoms with Crippen LogP contribution in [0.4, 0.5) is 0 Å². The zero-order valence-electron chi connectivity index (χ0n) is 17.3. The zero-order chi connectivity index (χ0) is 23.2. The Kier molecular flexibility index (Phi) is 7.18. The second-order valence-electron chi connectivity index (χ2n) is 6.93. The maximum absolute atomic E-state index is 12.2. The quantitative estimate of drug-likeness (QED) is 0.353. The number of aliphatic hydroxyl groups excluding tert-OH is 1. The molecule has 11 heteroatoms. The fourth-order valence-corrected chi connectivity index (χ4v) is 4.00. The molecule has 33 heavy (non-hydrogen) atoms. The Morgan fingerprint density at radius 2 is 2.09 bits per heavy atom. The van der Waals surface area contributed by atoms with Crippen LogP contribution in [-0.4, -0.2) is 43.8 Å². The highest BCUT2D eigenvalue weighted by Gasteiger charge is 2.13. The highest BCUT2D eigenvalue weighted by Crippen LogP contribution is 2.26. The number of pyridine rings is 1. The Hall–Kier alpha value is -3.47. The Balaban J connectivity index is 1.56. The van der Waals surface area contributed by atoms with E-state index in [4.69, 9.17) is 21.4 Å². The van der Waals surface area contributed by atoms with Crippen LogP contribution < -0.4 is 15.6 Å². The van der Waals surface area contributed by atoms with Crippen LogP contribution in [0.2, 0.25) is 4.34 Å². The summed E-state index contributed by atoms with van der Waals surface area (Å²) in [4.78, 5) is 24.9. The molecule has 2 N–H and O–H groups in total. The lowest BCUT2D eigenvalue weighted by molar-refractivity contribution is 0.0954. The first kappa shape index (κ1) is 22.7. The summed E-state index contributed by atoms with van der Waals surface area (Å²) < 4.78 is 9.44. The minimum Gasteiger partial charge on any atom is -0.491 e. The molecule has 0 unspecified atom stereocenters. The van der Waals surface area contributed by atoms with E-state index >= 15 is 0 Å². The van der Waals surface area contributed by atoms with Crippen LogP contribution in [0.25, 0.3) is 11.4 Å². The van der Waals surface area contributed by atoms with Crippen molar-refractivity contribution in [3.05, 3.63) is 86.2 Å². The summed E-state index contributed by atoms with van der Waals surface area (Å²) in [5.41, 5.74) is 1.62. The SMILES string of the molecule is O=C(NCc1cn(-c2ccc(-n3ccccc3=O)cc2OCCCO)nn1)c1ccc(Cl)s1. The standard InChI is InChI=1S/C22H20ClN5O4S/c23-20-8-7-19(33-20)22(31)24-13-15-14-28(26-25-15)17-6-5-16(12-18(17)32-11-3-10-29)27-9-2-1-4-21(27)30/h1-2,4-9,12,14,29H,3,10-11,13H2,(H,24,31). The van der Waals surface area contributed by atoms with Crippen LogP contribution in [0.3, 0.4) is 0 Å². The van der Waals surface area contributed by atoms with Gasteiger partial charge in [-0.1, -0.05) is 22.9 Å². The van der Waals surface area contributed by atoms with Crippen molar-refractivity contribution >= 4 is 28.8 Å². The van der Waals surface area contributed by atoms with Gasteiger partial charge in [-0.25, -0.2) is 4.68 Å². The van der Waals surface area contributed by atoms with Crippen LogP contribution in [-0.2, 0) is 6.54 Å². The number of carbonyl (C=O) groups excluding carboxylic acids is 1. The number of hydrogen-bond acceptors (Lipinski definition) is 7. The molecule has 1 aromatic carbocycles. The average Bonchev–Trinajstić information content (AvgIpc) is 3.47. The van der Waals surface area contributed by atoms with E-state index in [0.29, 0.717) is 38.5 Å². The molecule has 0 radical (unpaired) electrons. The third kappa shape index (κ3) is 5.48. The van der Waals surface area contributed by atoms with Gasteiger partial charge in [-0.3, -0.25) is 14.2 Å². The van der Waals surface area contributed by atoms with Gasteiger partial charge in [0.1, 0.15) is 17.1 Å². The zero-order valence-corrected chi connectivity index (χ0v) is 18.9. The lowest BCUT2D eigenvalue weighted by Gasteiger charge is -2.13. The van der Waals surface area contributed by atoms with Crippen LogP contribution in [0.15, 0.2) is 65.7 Å². The maximum Gasteiger partial charge on any atom is 0.261 e. The summed E-state index contributed by atoms with van der Waals surface area (Å²) in [5.74, 6) is 0.234. The van der Waals surface area contributed by atoms with E-state index in [1.165, 1.54) is 26.7 Å². The summed E-state index contributed by atoms with van der Waals surface area (Å²) in [6.07, 6.45) is 3.81. The lowest BCUT2D eigenvalue weighted by atomic mass is 10.2. The van der Waals surface area contributed by atoms with Gasteiger partial charge in [0, 0.05) is 31.4 Å². The average molecular weight is 486 g/mol. The number of aromatic nitrogens is 4. The van der Waals surface area contributed by atoms with E-state index < -0.39 is 0 Å².